The van der Waals surface area contributed by atoms with Crippen LogP contribution in [-0.2, 0) is 6.54 Å². The number of imidazole rings is 1. The van der Waals surface area contributed by atoms with Crippen molar-refractivity contribution in [1.29, 1.82) is 0 Å². The molecule has 2 heterocycles. The van der Waals surface area contributed by atoms with Gasteiger partial charge in [-0.05, 0) is 6.07 Å². The highest BCUT2D eigenvalue weighted by molar-refractivity contribution is 5.38. The number of fused-ring (bicyclic) bond motifs is 1. The van der Waals surface area contributed by atoms with Crippen molar-refractivity contribution in [1.82, 2.24) is 9.55 Å². The Morgan fingerprint density at radius 3 is 3.18 bits per heavy atom. The van der Waals surface area contributed by atoms with E-state index in [1.165, 1.54) is 5.56 Å². The molecule has 0 bridgehead atoms. The second kappa shape index (κ2) is 4.22. The maximum atomic E-state index is 5.73. The molecule has 1 atom stereocenters. The quantitative estimate of drug-likeness (QED) is 0.853. The van der Waals surface area contributed by atoms with Crippen LogP contribution in [0.15, 0.2) is 36.8 Å². The van der Waals surface area contributed by atoms with Gasteiger partial charge in [-0.25, -0.2) is 4.98 Å². The SMILES string of the molecule is NCc1cncn1C1CCOc2ccccc21. The summed E-state index contributed by atoms with van der Waals surface area (Å²) in [4.78, 5) is 4.18. The highest BCUT2D eigenvalue weighted by atomic mass is 16.5. The minimum atomic E-state index is 0.293. The maximum Gasteiger partial charge on any atom is 0.124 e. The summed E-state index contributed by atoms with van der Waals surface area (Å²) in [6.45, 7) is 1.25. The van der Waals surface area contributed by atoms with Crippen LogP contribution in [0.25, 0.3) is 0 Å². The molecule has 1 aromatic carbocycles. The van der Waals surface area contributed by atoms with Gasteiger partial charge in [0.05, 0.1) is 24.7 Å². The summed E-state index contributed by atoms with van der Waals surface area (Å²) in [5.74, 6) is 0.973. The fraction of sp³-hybridized carbons (Fsp3) is 0.308. The van der Waals surface area contributed by atoms with Crippen LogP contribution >= 0.6 is 0 Å². The van der Waals surface area contributed by atoms with Crippen molar-refractivity contribution in [3.8, 4) is 5.75 Å². The molecule has 3 rings (SSSR count). The monoisotopic (exact) mass is 229 g/mol. The van der Waals surface area contributed by atoms with E-state index >= 15 is 0 Å². The van der Waals surface area contributed by atoms with Gasteiger partial charge in [0, 0.05) is 24.7 Å². The van der Waals surface area contributed by atoms with Gasteiger partial charge in [0.1, 0.15) is 5.75 Å². The third kappa shape index (κ3) is 1.70. The van der Waals surface area contributed by atoms with Gasteiger partial charge >= 0.3 is 0 Å². The predicted molar refractivity (Wildman–Crippen MR) is 64.8 cm³/mol. The van der Waals surface area contributed by atoms with Crippen LogP contribution < -0.4 is 10.5 Å². The third-order valence-corrected chi connectivity index (χ3v) is 3.22. The zero-order valence-corrected chi connectivity index (χ0v) is 9.54. The smallest absolute Gasteiger partial charge is 0.124 e. The van der Waals surface area contributed by atoms with E-state index in [9.17, 15) is 0 Å². The number of rotatable bonds is 2. The molecule has 2 aromatic rings. The van der Waals surface area contributed by atoms with E-state index in [1.807, 2.05) is 30.7 Å². The lowest BCUT2D eigenvalue weighted by Gasteiger charge is -2.27. The lowest BCUT2D eigenvalue weighted by molar-refractivity contribution is 0.255. The van der Waals surface area contributed by atoms with E-state index in [1.54, 1.807) is 0 Å². The van der Waals surface area contributed by atoms with Crippen molar-refractivity contribution in [2.24, 2.45) is 5.73 Å². The molecule has 17 heavy (non-hydrogen) atoms. The molecule has 0 fully saturated rings. The van der Waals surface area contributed by atoms with Crippen molar-refractivity contribution in [2.75, 3.05) is 6.61 Å². The summed E-state index contributed by atoms with van der Waals surface area (Å²) >= 11 is 0. The van der Waals surface area contributed by atoms with Gasteiger partial charge < -0.3 is 15.0 Å². The van der Waals surface area contributed by atoms with Crippen LogP contribution in [0.4, 0.5) is 0 Å². The van der Waals surface area contributed by atoms with Crippen LogP contribution in [0.3, 0.4) is 0 Å². The second-order valence-electron chi connectivity index (χ2n) is 4.19. The Labute approximate surface area is 100 Å². The lowest BCUT2D eigenvalue weighted by Crippen LogP contribution is -2.21. The first-order valence-corrected chi connectivity index (χ1v) is 5.82. The summed E-state index contributed by atoms with van der Waals surface area (Å²) < 4.78 is 7.81. The minimum Gasteiger partial charge on any atom is -0.493 e. The number of para-hydroxylation sites is 1. The molecule has 1 aliphatic rings. The number of aromatic nitrogens is 2. The molecular formula is C13H15N3O. The normalized spacial score (nSPS) is 18.5. The lowest BCUT2D eigenvalue weighted by atomic mass is 10.0. The van der Waals surface area contributed by atoms with Gasteiger partial charge in [-0.2, -0.15) is 0 Å². The van der Waals surface area contributed by atoms with Crippen LogP contribution in [-0.4, -0.2) is 16.2 Å². The van der Waals surface area contributed by atoms with Crippen LogP contribution in [0, 0.1) is 0 Å². The molecule has 1 aliphatic heterocycles. The molecule has 1 unspecified atom stereocenters. The molecule has 4 nitrogen and oxygen atoms in total. The van der Waals surface area contributed by atoms with Gasteiger partial charge in [-0.15, -0.1) is 0 Å². The van der Waals surface area contributed by atoms with E-state index in [0.29, 0.717) is 12.6 Å². The van der Waals surface area contributed by atoms with Crippen molar-refractivity contribution in [2.45, 2.75) is 19.0 Å². The van der Waals surface area contributed by atoms with Gasteiger partial charge in [0.15, 0.2) is 0 Å². The molecule has 0 amide bonds. The number of hydrogen-bond acceptors (Lipinski definition) is 3. The van der Waals surface area contributed by atoms with Gasteiger partial charge in [-0.3, -0.25) is 0 Å². The Balaban J connectivity index is 2.06. The van der Waals surface area contributed by atoms with E-state index in [-0.39, 0.29) is 0 Å². The van der Waals surface area contributed by atoms with Crippen LogP contribution in [0.2, 0.25) is 0 Å². The van der Waals surface area contributed by atoms with Gasteiger partial charge in [0.2, 0.25) is 0 Å². The summed E-state index contributed by atoms with van der Waals surface area (Å²) in [7, 11) is 0. The number of nitrogens with zero attached hydrogens (tertiary/aromatic N) is 2. The van der Waals surface area contributed by atoms with Crippen LogP contribution in [0.5, 0.6) is 5.75 Å². The number of hydrogen-bond donors (Lipinski definition) is 1. The Kier molecular flexibility index (Phi) is 2.57. The zero-order chi connectivity index (χ0) is 11.7. The average molecular weight is 229 g/mol. The summed E-state index contributed by atoms with van der Waals surface area (Å²) in [5, 5.41) is 0. The highest BCUT2D eigenvalue weighted by Crippen LogP contribution is 2.34. The number of benzene rings is 1. The first-order chi connectivity index (χ1) is 8.40. The van der Waals surface area contributed by atoms with E-state index in [2.05, 4.69) is 15.6 Å². The molecule has 1 aromatic heterocycles. The first kappa shape index (κ1) is 10.4. The minimum absolute atomic E-state index is 0.293. The molecule has 0 radical (unpaired) electrons. The molecule has 0 spiro atoms. The van der Waals surface area contributed by atoms with E-state index in [0.717, 1.165) is 24.5 Å². The topological polar surface area (TPSA) is 53.1 Å². The van der Waals surface area contributed by atoms with Crippen LogP contribution in [0.1, 0.15) is 23.7 Å². The number of ether oxygens (including phenoxy) is 1. The van der Waals surface area contributed by atoms with Crippen molar-refractivity contribution in [3.05, 3.63) is 48.0 Å². The van der Waals surface area contributed by atoms with Crippen molar-refractivity contribution >= 4 is 0 Å². The van der Waals surface area contributed by atoms with Crippen molar-refractivity contribution in [3.63, 3.8) is 0 Å². The highest BCUT2D eigenvalue weighted by Gasteiger charge is 2.23. The Morgan fingerprint density at radius 1 is 1.41 bits per heavy atom. The van der Waals surface area contributed by atoms with Gasteiger partial charge in [0.25, 0.3) is 0 Å². The van der Waals surface area contributed by atoms with Crippen molar-refractivity contribution < 1.29 is 4.74 Å². The molecule has 2 N–H and O–H groups in total. The standard InChI is InChI=1S/C13H15N3O/c14-7-10-8-15-9-16(10)12-5-6-17-13-4-2-1-3-11(12)13/h1-4,8-9,12H,5-7,14H2. The summed E-state index contributed by atoms with van der Waals surface area (Å²) in [6, 6.07) is 8.46. The second-order valence-corrected chi connectivity index (χ2v) is 4.19. The zero-order valence-electron chi connectivity index (χ0n) is 9.54. The summed E-state index contributed by atoms with van der Waals surface area (Å²) in [6.07, 6.45) is 4.65. The maximum absolute atomic E-state index is 5.73. The fourth-order valence-corrected chi connectivity index (χ4v) is 2.38. The molecule has 88 valence electrons. The first-order valence-electron chi connectivity index (χ1n) is 5.82. The molecule has 0 saturated carbocycles. The largest absolute Gasteiger partial charge is 0.493 e. The fourth-order valence-electron chi connectivity index (χ4n) is 2.38. The van der Waals surface area contributed by atoms with Gasteiger partial charge in [-0.1, -0.05) is 18.2 Å². The molecule has 4 heteroatoms. The Morgan fingerprint density at radius 2 is 2.29 bits per heavy atom. The molecule has 0 aliphatic carbocycles. The summed E-state index contributed by atoms with van der Waals surface area (Å²) in [5.41, 5.74) is 8.01. The Bertz CT molecular complexity index is 521. The Hall–Kier alpha value is -1.81. The average Bonchev–Trinajstić information content (AvgIpc) is 2.86. The molecule has 0 saturated heterocycles. The van der Waals surface area contributed by atoms with E-state index < -0.39 is 0 Å². The molecular weight excluding hydrogens is 214 g/mol. The van der Waals surface area contributed by atoms with E-state index in [4.69, 9.17) is 10.5 Å². The third-order valence-electron chi connectivity index (χ3n) is 3.22. The number of nitrogens with two attached hydrogens (primary N) is 1. The predicted octanol–water partition coefficient (Wildman–Crippen LogP) is 1.71.